The molecule has 2 N–H and O–H groups in total. The van der Waals surface area contributed by atoms with Crippen LogP contribution >= 0.6 is 0 Å². The number of hydrogen-bond donors (Lipinski definition) is 2. The van der Waals surface area contributed by atoms with Gasteiger partial charge in [0.25, 0.3) is 0 Å². The average Bonchev–Trinajstić information content (AvgIpc) is 2.04. The second-order valence-corrected chi connectivity index (χ2v) is 2.77. The highest BCUT2D eigenvalue weighted by atomic mass is 28.1. The zero-order valence-corrected chi connectivity index (χ0v) is 7.73. The van der Waals surface area contributed by atoms with Gasteiger partial charge in [0.15, 0.2) is 0 Å². The molecule has 1 aromatic carbocycles. The van der Waals surface area contributed by atoms with Crippen molar-refractivity contribution in [1.29, 1.82) is 0 Å². The van der Waals surface area contributed by atoms with Crippen molar-refractivity contribution in [2.24, 2.45) is 0 Å². The number of anilines is 2. The third-order valence-electron chi connectivity index (χ3n) is 1.58. The monoisotopic (exact) mass is 163 g/mol. The predicted octanol–water partition coefficient (Wildman–Crippen LogP) is 0.564. The fourth-order valence-electron chi connectivity index (χ4n) is 1.03. The second-order valence-electron chi connectivity index (χ2n) is 2.23. The Morgan fingerprint density at radius 2 is 1.91 bits per heavy atom. The fourth-order valence-corrected chi connectivity index (χ4v) is 1.39. The molecule has 0 fully saturated rings. The quantitative estimate of drug-likeness (QED) is 0.623. The Morgan fingerprint density at radius 3 is 2.36 bits per heavy atom. The molecule has 57 valence electrons. The third-order valence-corrected chi connectivity index (χ3v) is 2.00. The van der Waals surface area contributed by atoms with Crippen LogP contribution in [0.4, 0.5) is 11.4 Å². The van der Waals surface area contributed by atoms with Crippen LogP contribution in [0.3, 0.4) is 0 Å². The summed E-state index contributed by atoms with van der Waals surface area (Å²) >= 11 is 0. The lowest BCUT2D eigenvalue weighted by Gasteiger charge is -2.10. The van der Waals surface area contributed by atoms with E-state index in [-0.39, 0.29) is 0 Å². The lowest BCUT2D eigenvalue weighted by molar-refractivity contribution is 1.47. The molecule has 0 saturated carbocycles. The van der Waals surface area contributed by atoms with E-state index in [9.17, 15) is 0 Å². The third kappa shape index (κ3) is 1.54. The van der Waals surface area contributed by atoms with E-state index in [1.54, 1.807) is 0 Å². The molecule has 1 rings (SSSR count). The smallest absolute Gasteiger partial charge is 0.0742 e. The maximum absolute atomic E-state index is 3.50. The van der Waals surface area contributed by atoms with Crippen LogP contribution in [0, 0.1) is 0 Å². The summed E-state index contributed by atoms with van der Waals surface area (Å²) in [5.74, 6) is 0. The SMILES string of the molecule is CNc1cccc([Si])c1NC. The van der Waals surface area contributed by atoms with Gasteiger partial charge in [0.05, 0.1) is 21.6 Å². The maximum atomic E-state index is 3.50. The minimum Gasteiger partial charge on any atom is -0.387 e. The molecule has 3 heteroatoms. The van der Waals surface area contributed by atoms with E-state index in [2.05, 4.69) is 20.9 Å². The second kappa shape index (κ2) is 3.43. The zero-order chi connectivity index (χ0) is 8.27. The topological polar surface area (TPSA) is 24.1 Å². The normalized spacial score (nSPS) is 9.36. The fraction of sp³-hybridized carbons (Fsp3) is 0.250. The molecule has 11 heavy (non-hydrogen) atoms. The van der Waals surface area contributed by atoms with Crippen molar-refractivity contribution in [3.8, 4) is 0 Å². The van der Waals surface area contributed by atoms with Crippen molar-refractivity contribution in [2.75, 3.05) is 24.7 Å². The lowest BCUT2D eigenvalue weighted by Crippen LogP contribution is -2.11. The molecule has 0 unspecified atom stereocenters. The summed E-state index contributed by atoms with van der Waals surface area (Å²) in [5, 5.41) is 7.27. The molecule has 0 amide bonds. The van der Waals surface area contributed by atoms with Crippen molar-refractivity contribution >= 4 is 26.8 Å². The first-order chi connectivity index (χ1) is 5.29. The minimum atomic E-state index is 1.07. The maximum Gasteiger partial charge on any atom is 0.0742 e. The predicted molar refractivity (Wildman–Crippen MR) is 50.9 cm³/mol. The Kier molecular flexibility index (Phi) is 2.54. The summed E-state index contributed by atoms with van der Waals surface area (Å²) < 4.78 is 0. The summed E-state index contributed by atoms with van der Waals surface area (Å²) in [7, 11) is 7.30. The van der Waals surface area contributed by atoms with Gasteiger partial charge >= 0.3 is 0 Å². The molecular formula is C8H11N2Si. The van der Waals surface area contributed by atoms with Crippen LogP contribution < -0.4 is 15.8 Å². The molecule has 0 aromatic heterocycles. The lowest BCUT2D eigenvalue weighted by atomic mass is 10.2. The van der Waals surface area contributed by atoms with Gasteiger partial charge in [-0.25, -0.2) is 0 Å². The Morgan fingerprint density at radius 1 is 1.18 bits per heavy atom. The van der Waals surface area contributed by atoms with E-state index in [1.807, 2.05) is 32.3 Å². The van der Waals surface area contributed by atoms with Crippen LogP contribution in [0.2, 0.25) is 0 Å². The summed E-state index contributed by atoms with van der Waals surface area (Å²) in [4.78, 5) is 0. The van der Waals surface area contributed by atoms with Crippen LogP contribution in [0.5, 0.6) is 0 Å². The molecule has 0 atom stereocenters. The van der Waals surface area contributed by atoms with Gasteiger partial charge in [-0.1, -0.05) is 12.1 Å². The largest absolute Gasteiger partial charge is 0.387 e. The van der Waals surface area contributed by atoms with Crippen molar-refractivity contribution in [3.63, 3.8) is 0 Å². The zero-order valence-electron chi connectivity index (χ0n) is 6.73. The molecule has 0 aliphatic heterocycles. The van der Waals surface area contributed by atoms with E-state index in [0.717, 1.165) is 16.6 Å². The molecular weight excluding hydrogens is 152 g/mol. The average molecular weight is 163 g/mol. The Labute approximate surface area is 70.4 Å². The Hall–Kier alpha value is -0.963. The van der Waals surface area contributed by atoms with Crippen molar-refractivity contribution in [2.45, 2.75) is 0 Å². The molecule has 2 nitrogen and oxygen atoms in total. The molecule has 1 aromatic rings. The highest BCUT2D eigenvalue weighted by molar-refractivity contribution is 6.36. The standard InChI is InChI=1S/C8H11N2Si/c1-9-6-4-3-5-7(11)8(6)10-2/h3-5,9-10H,1-2H3. The number of benzene rings is 1. The van der Waals surface area contributed by atoms with Crippen molar-refractivity contribution in [1.82, 2.24) is 0 Å². The van der Waals surface area contributed by atoms with Crippen LogP contribution in [-0.2, 0) is 0 Å². The van der Waals surface area contributed by atoms with Gasteiger partial charge in [-0.05, 0) is 11.3 Å². The van der Waals surface area contributed by atoms with E-state index in [0.29, 0.717) is 0 Å². The van der Waals surface area contributed by atoms with Gasteiger partial charge in [0.2, 0.25) is 0 Å². The molecule has 3 radical (unpaired) electrons. The minimum absolute atomic E-state index is 1.07. The number of nitrogens with one attached hydrogen (secondary N) is 2. The highest BCUT2D eigenvalue weighted by Crippen LogP contribution is 2.16. The van der Waals surface area contributed by atoms with Gasteiger partial charge in [-0.2, -0.15) is 0 Å². The van der Waals surface area contributed by atoms with E-state index in [1.165, 1.54) is 0 Å². The number of para-hydroxylation sites is 1. The molecule has 0 saturated heterocycles. The summed E-state index contributed by atoms with van der Waals surface area (Å²) in [5.41, 5.74) is 2.19. The Bertz CT molecular complexity index is 248. The summed E-state index contributed by atoms with van der Waals surface area (Å²) in [6.07, 6.45) is 0. The first-order valence-electron chi connectivity index (χ1n) is 3.49. The van der Waals surface area contributed by atoms with Gasteiger partial charge in [-0.15, -0.1) is 0 Å². The molecule has 0 aliphatic carbocycles. The number of rotatable bonds is 2. The van der Waals surface area contributed by atoms with Gasteiger partial charge in [-0.3, -0.25) is 0 Å². The van der Waals surface area contributed by atoms with Gasteiger partial charge in [0.1, 0.15) is 0 Å². The summed E-state index contributed by atoms with van der Waals surface area (Å²) in [6, 6.07) is 6.02. The highest BCUT2D eigenvalue weighted by Gasteiger charge is 1.99. The van der Waals surface area contributed by atoms with Crippen molar-refractivity contribution in [3.05, 3.63) is 18.2 Å². The first kappa shape index (κ1) is 8.14. The molecule has 0 spiro atoms. The van der Waals surface area contributed by atoms with Crippen LogP contribution in [0.1, 0.15) is 0 Å². The molecule has 0 bridgehead atoms. The van der Waals surface area contributed by atoms with E-state index >= 15 is 0 Å². The first-order valence-corrected chi connectivity index (χ1v) is 3.99. The van der Waals surface area contributed by atoms with Crippen molar-refractivity contribution < 1.29 is 0 Å². The molecule has 0 aliphatic rings. The van der Waals surface area contributed by atoms with Crippen LogP contribution in [0.15, 0.2) is 18.2 Å². The van der Waals surface area contributed by atoms with Gasteiger partial charge in [0, 0.05) is 14.1 Å². The van der Waals surface area contributed by atoms with Crippen LogP contribution in [0.25, 0.3) is 0 Å². The van der Waals surface area contributed by atoms with Crippen LogP contribution in [-0.4, -0.2) is 24.3 Å². The Balaban J connectivity index is 3.13. The number of hydrogen-bond acceptors (Lipinski definition) is 2. The van der Waals surface area contributed by atoms with E-state index in [4.69, 9.17) is 0 Å². The van der Waals surface area contributed by atoms with E-state index < -0.39 is 0 Å². The summed E-state index contributed by atoms with van der Waals surface area (Å²) in [6.45, 7) is 0. The van der Waals surface area contributed by atoms with Gasteiger partial charge < -0.3 is 10.6 Å². The molecule has 0 heterocycles.